The average Bonchev–Trinajstić information content (AvgIpc) is 3.11. The molecule has 138 valence electrons. The largest absolute Gasteiger partial charge is 0.322 e. The topological polar surface area (TPSA) is 109 Å². The molecule has 27 heavy (non-hydrogen) atoms. The lowest BCUT2D eigenvalue weighted by molar-refractivity contribution is 0.315. The molecule has 0 bridgehead atoms. The van der Waals surface area contributed by atoms with Gasteiger partial charge in [-0.3, -0.25) is 4.79 Å². The maximum absolute atomic E-state index is 13.0. The minimum absolute atomic E-state index is 0.0170. The summed E-state index contributed by atoms with van der Waals surface area (Å²) in [6.07, 6.45) is 0. The quantitative estimate of drug-likeness (QED) is 0.578. The Labute approximate surface area is 154 Å². The first kappa shape index (κ1) is 17.4. The van der Waals surface area contributed by atoms with Crippen LogP contribution in [0.5, 0.6) is 0 Å². The molecule has 0 saturated carbocycles. The fourth-order valence-electron chi connectivity index (χ4n) is 2.96. The minimum Gasteiger partial charge on any atom is -0.322 e. The van der Waals surface area contributed by atoms with Gasteiger partial charge in [-0.15, -0.1) is 0 Å². The molecule has 0 aliphatic heterocycles. The molecule has 0 atom stereocenters. The van der Waals surface area contributed by atoms with Gasteiger partial charge in [0.25, 0.3) is 5.56 Å². The van der Waals surface area contributed by atoms with E-state index in [9.17, 15) is 13.2 Å². The molecule has 0 fully saturated rings. The molecule has 0 aliphatic carbocycles. The van der Waals surface area contributed by atoms with E-state index in [1.54, 1.807) is 18.2 Å². The number of sulfonamides is 1. The Morgan fingerprint density at radius 1 is 1.15 bits per heavy atom. The summed E-state index contributed by atoms with van der Waals surface area (Å²) < 4.78 is 31.7. The molecule has 0 radical (unpaired) electrons. The first-order valence-electron chi connectivity index (χ1n) is 8.16. The second-order valence-corrected chi connectivity index (χ2v) is 8.38. The summed E-state index contributed by atoms with van der Waals surface area (Å²) in [6, 6.07) is 12.0. The van der Waals surface area contributed by atoms with Crippen LogP contribution in [0.15, 0.2) is 56.8 Å². The van der Waals surface area contributed by atoms with E-state index in [-0.39, 0.29) is 22.5 Å². The van der Waals surface area contributed by atoms with Gasteiger partial charge in [0.2, 0.25) is 10.0 Å². The molecule has 0 spiro atoms. The summed E-state index contributed by atoms with van der Waals surface area (Å²) >= 11 is 0. The first-order valence-corrected chi connectivity index (χ1v) is 9.60. The summed E-state index contributed by atoms with van der Waals surface area (Å²) in [5.41, 5.74) is 2.28. The predicted octanol–water partition coefficient (Wildman–Crippen LogP) is 2.19. The van der Waals surface area contributed by atoms with Gasteiger partial charge in [-0.1, -0.05) is 18.2 Å². The zero-order chi connectivity index (χ0) is 19.2. The number of aryl methyl sites for hydroxylation is 1. The van der Waals surface area contributed by atoms with Crippen LogP contribution in [0, 0.1) is 6.92 Å². The molecule has 2 heterocycles. The van der Waals surface area contributed by atoms with Gasteiger partial charge in [0, 0.05) is 24.7 Å². The smallest absolute Gasteiger partial charge is 0.252 e. The number of aromatic nitrogens is 3. The summed E-state index contributed by atoms with van der Waals surface area (Å²) in [5.74, 6) is 0. The average molecular weight is 384 g/mol. The fourth-order valence-corrected chi connectivity index (χ4v) is 4.24. The Morgan fingerprint density at radius 3 is 2.78 bits per heavy atom. The van der Waals surface area contributed by atoms with E-state index in [2.05, 4.69) is 19.9 Å². The third-order valence-electron chi connectivity index (χ3n) is 4.41. The first-order chi connectivity index (χ1) is 12.9. The van der Waals surface area contributed by atoms with Crippen LogP contribution in [-0.4, -0.2) is 35.1 Å². The van der Waals surface area contributed by atoms with Gasteiger partial charge >= 0.3 is 0 Å². The van der Waals surface area contributed by atoms with E-state index in [4.69, 9.17) is 0 Å². The van der Waals surface area contributed by atoms with E-state index in [1.165, 1.54) is 13.1 Å². The Kier molecular flexibility index (Phi) is 4.05. The molecule has 1 N–H and O–H groups in total. The highest BCUT2D eigenvalue weighted by Crippen LogP contribution is 2.23. The van der Waals surface area contributed by atoms with Crippen molar-refractivity contribution in [1.82, 2.24) is 19.6 Å². The highest BCUT2D eigenvalue weighted by Gasteiger charge is 2.26. The van der Waals surface area contributed by atoms with E-state index >= 15 is 0 Å². The number of rotatable bonds is 4. The highest BCUT2D eigenvalue weighted by molar-refractivity contribution is 7.89. The lowest BCUT2D eigenvalue weighted by atomic mass is 10.1. The third kappa shape index (κ3) is 3.00. The number of nitrogens with zero attached hydrogens (tertiary/aromatic N) is 3. The number of fused-ring (bicyclic) bond motifs is 2. The molecule has 0 amide bonds. The number of hydrogen-bond donors (Lipinski definition) is 1. The van der Waals surface area contributed by atoms with Crippen LogP contribution in [0.3, 0.4) is 0 Å². The number of nitrogens with one attached hydrogen (secondary N) is 1. The van der Waals surface area contributed by atoms with Crippen molar-refractivity contribution in [3.05, 3.63) is 63.9 Å². The van der Waals surface area contributed by atoms with Gasteiger partial charge in [-0.25, -0.2) is 13.0 Å². The molecular formula is C18H16N4O4S. The Bertz CT molecular complexity index is 1320. The van der Waals surface area contributed by atoms with Crippen LogP contribution in [0.25, 0.3) is 21.9 Å². The van der Waals surface area contributed by atoms with Gasteiger partial charge in [0.1, 0.15) is 10.4 Å². The fraction of sp³-hybridized carbons (Fsp3) is 0.167. The van der Waals surface area contributed by atoms with Gasteiger partial charge < -0.3 is 4.98 Å². The maximum Gasteiger partial charge on any atom is 0.252 e. The van der Waals surface area contributed by atoms with Crippen molar-refractivity contribution in [1.29, 1.82) is 0 Å². The van der Waals surface area contributed by atoms with Crippen molar-refractivity contribution in [3.8, 4) is 0 Å². The van der Waals surface area contributed by atoms with Gasteiger partial charge in [0.15, 0.2) is 5.52 Å². The lowest BCUT2D eigenvalue weighted by Gasteiger charge is -2.17. The molecular weight excluding hydrogens is 368 g/mol. The van der Waals surface area contributed by atoms with Crippen molar-refractivity contribution < 1.29 is 13.0 Å². The normalized spacial score (nSPS) is 12.3. The van der Waals surface area contributed by atoms with Crippen LogP contribution in [-0.2, 0) is 16.6 Å². The van der Waals surface area contributed by atoms with E-state index < -0.39 is 10.0 Å². The number of pyridine rings is 1. The van der Waals surface area contributed by atoms with Crippen molar-refractivity contribution >= 4 is 32.0 Å². The zero-order valence-electron chi connectivity index (χ0n) is 14.6. The Hall–Kier alpha value is -3.04. The number of H-pyrrole nitrogens is 1. The van der Waals surface area contributed by atoms with E-state index in [0.29, 0.717) is 16.6 Å². The molecule has 0 saturated heterocycles. The van der Waals surface area contributed by atoms with Crippen LogP contribution in [0.4, 0.5) is 0 Å². The zero-order valence-corrected chi connectivity index (χ0v) is 15.4. The molecule has 0 unspecified atom stereocenters. The monoisotopic (exact) mass is 384 g/mol. The second kappa shape index (κ2) is 6.29. The summed E-state index contributed by atoms with van der Waals surface area (Å²) in [5, 5.41) is 8.19. The predicted molar refractivity (Wildman–Crippen MR) is 99.8 cm³/mol. The second-order valence-electron chi connectivity index (χ2n) is 6.36. The molecule has 2 aromatic heterocycles. The van der Waals surface area contributed by atoms with Crippen LogP contribution in [0.1, 0.15) is 11.1 Å². The number of hydrogen-bond acceptors (Lipinski definition) is 6. The Balaban J connectivity index is 1.73. The Morgan fingerprint density at radius 2 is 1.96 bits per heavy atom. The molecule has 4 rings (SSSR count). The standard InChI is InChI=1S/C18H16N4O4S/c1-11-6-7-12-9-13(18(23)19-15(12)8-11)10-22(2)27(24,25)16-5-3-4-14-17(16)21-26-20-14/h3-9H,10H2,1-2H3,(H,19,23). The summed E-state index contributed by atoms with van der Waals surface area (Å²) in [7, 11) is -2.48. The molecule has 2 aromatic carbocycles. The van der Waals surface area contributed by atoms with Gasteiger partial charge in [-0.05, 0) is 52.5 Å². The van der Waals surface area contributed by atoms with Crippen molar-refractivity contribution in [2.75, 3.05) is 7.05 Å². The number of aromatic amines is 1. The molecule has 4 aromatic rings. The molecule has 0 aliphatic rings. The van der Waals surface area contributed by atoms with Crippen LogP contribution < -0.4 is 5.56 Å². The maximum atomic E-state index is 13.0. The number of benzene rings is 2. The summed E-state index contributed by atoms with van der Waals surface area (Å²) in [4.78, 5) is 15.2. The van der Waals surface area contributed by atoms with E-state index in [1.807, 2.05) is 25.1 Å². The van der Waals surface area contributed by atoms with Crippen molar-refractivity contribution in [3.63, 3.8) is 0 Å². The van der Waals surface area contributed by atoms with Crippen molar-refractivity contribution in [2.45, 2.75) is 18.4 Å². The molecule has 8 nitrogen and oxygen atoms in total. The van der Waals surface area contributed by atoms with Gasteiger partial charge in [-0.2, -0.15) is 4.31 Å². The highest BCUT2D eigenvalue weighted by atomic mass is 32.2. The summed E-state index contributed by atoms with van der Waals surface area (Å²) in [6.45, 7) is 1.86. The third-order valence-corrected chi connectivity index (χ3v) is 6.24. The molecule has 9 heteroatoms. The van der Waals surface area contributed by atoms with E-state index in [0.717, 1.165) is 15.3 Å². The SMILES string of the molecule is Cc1ccc2cc(CN(C)S(=O)(=O)c3cccc4nonc34)c(=O)[nH]c2c1. The van der Waals surface area contributed by atoms with Crippen LogP contribution >= 0.6 is 0 Å². The lowest BCUT2D eigenvalue weighted by Crippen LogP contribution is -2.29. The van der Waals surface area contributed by atoms with Crippen LogP contribution in [0.2, 0.25) is 0 Å². The van der Waals surface area contributed by atoms with Gasteiger partial charge in [0.05, 0.1) is 0 Å². The minimum atomic E-state index is -3.89. The van der Waals surface area contributed by atoms with Crippen molar-refractivity contribution in [2.24, 2.45) is 0 Å².